The highest BCUT2D eigenvalue weighted by Gasteiger charge is 2.58. The molecule has 1 aromatic carbocycles. The minimum absolute atomic E-state index is 0.137. The van der Waals surface area contributed by atoms with E-state index in [1.807, 2.05) is 12.3 Å². The van der Waals surface area contributed by atoms with Crippen molar-refractivity contribution in [1.29, 1.82) is 0 Å². The number of fused-ring (bicyclic) bond motifs is 2. The average molecular weight is 473 g/mol. The smallest absolute Gasteiger partial charge is 0.238 e. The summed E-state index contributed by atoms with van der Waals surface area (Å²) < 4.78 is 5.56. The summed E-state index contributed by atoms with van der Waals surface area (Å²) in [7, 11) is 0. The number of benzene rings is 1. The molecule has 1 spiro atoms. The first-order valence-electron chi connectivity index (χ1n) is 13.7. The van der Waals surface area contributed by atoms with Gasteiger partial charge in [0.2, 0.25) is 5.91 Å². The molecule has 2 unspecified atom stereocenters. The van der Waals surface area contributed by atoms with Gasteiger partial charge in [0.25, 0.3) is 0 Å². The Kier molecular flexibility index (Phi) is 5.45. The van der Waals surface area contributed by atoms with E-state index in [4.69, 9.17) is 9.72 Å². The van der Waals surface area contributed by atoms with E-state index in [0.717, 1.165) is 51.1 Å². The van der Waals surface area contributed by atoms with Gasteiger partial charge in [-0.25, -0.2) is 0 Å². The topological polar surface area (TPSA) is 48.9 Å². The van der Waals surface area contributed by atoms with E-state index in [1.165, 1.54) is 43.6 Å². The first-order valence-corrected chi connectivity index (χ1v) is 13.7. The standard InChI is InChI=1S/C29H36N4O2/c34-28-29(11-15-32(23-19-35-20-23)27(18-29)25-9-4-5-12-30-25)24-8-2-3-10-26(24)33(28)22-16-21(17-22)31-13-6-1-7-14-31/h2-5,8-10,12,21-23,27H,1,6-7,11,13-20H2. The normalized spacial score (nSPS) is 34.0. The van der Waals surface area contributed by atoms with E-state index >= 15 is 0 Å². The van der Waals surface area contributed by atoms with E-state index < -0.39 is 5.41 Å². The van der Waals surface area contributed by atoms with Crippen molar-refractivity contribution < 1.29 is 9.53 Å². The Morgan fingerprint density at radius 3 is 2.43 bits per heavy atom. The summed E-state index contributed by atoms with van der Waals surface area (Å²) in [5.74, 6) is 0.339. The molecule has 2 atom stereocenters. The number of rotatable bonds is 4. The van der Waals surface area contributed by atoms with Crippen molar-refractivity contribution in [2.45, 2.75) is 74.5 Å². The van der Waals surface area contributed by atoms with Gasteiger partial charge in [-0.2, -0.15) is 0 Å². The average Bonchev–Trinajstić information content (AvgIpc) is 3.07. The van der Waals surface area contributed by atoms with Crippen LogP contribution in [0.2, 0.25) is 0 Å². The van der Waals surface area contributed by atoms with E-state index in [9.17, 15) is 4.79 Å². The van der Waals surface area contributed by atoms with Crippen LogP contribution in [0.5, 0.6) is 0 Å². The highest BCUT2D eigenvalue weighted by molar-refractivity contribution is 6.08. The van der Waals surface area contributed by atoms with Gasteiger partial charge in [-0.1, -0.05) is 30.7 Å². The molecule has 6 heteroatoms. The van der Waals surface area contributed by atoms with Crippen LogP contribution in [0.25, 0.3) is 0 Å². The number of carbonyl (C=O) groups is 1. The number of nitrogens with zero attached hydrogens (tertiary/aromatic N) is 4. The number of piperidine rings is 2. The molecule has 2 aromatic rings. The monoisotopic (exact) mass is 472 g/mol. The molecule has 35 heavy (non-hydrogen) atoms. The van der Waals surface area contributed by atoms with Gasteiger partial charge < -0.3 is 14.5 Å². The van der Waals surface area contributed by atoms with Crippen LogP contribution in [0.15, 0.2) is 48.7 Å². The largest absolute Gasteiger partial charge is 0.378 e. The number of likely N-dealkylation sites (tertiary alicyclic amines) is 2. The molecule has 4 aliphatic heterocycles. The number of aromatic nitrogens is 1. The maximum Gasteiger partial charge on any atom is 0.238 e. The molecule has 4 fully saturated rings. The Morgan fingerprint density at radius 1 is 0.886 bits per heavy atom. The van der Waals surface area contributed by atoms with Crippen LogP contribution in [0.3, 0.4) is 0 Å². The third kappa shape index (κ3) is 3.48. The van der Waals surface area contributed by atoms with Gasteiger partial charge in [-0.3, -0.25) is 14.7 Å². The van der Waals surface area contributed by atoms with Gasteiger partial charge in [0.15, 0.2) is 0 Å². The van der Waals surface area contributed by atoms with E-state index in [0.29, 0.717) is 24.0 Å². The van der Waals surface area contributed by atoms with Crippen LogP contribution in [0.1, 0.15) is 62.2 Å². The number of hydrogen-bond donors (Lipinski definition) is 0. The molecule has 184 valence electrons. The fourth-order valence-electron chi connectivity index (χ4n) is 7.42. The number of hydrogen-bond acceptors (Lipinski definition) is 5. The van der Waals surface area contributed by atoms with Crippen molar-refractivity contribution >= 4 is 11.6 Å². The maximum atomic E-state index is 14.4. The molecule has 5 aliphatic rings. The zero-order chi connectivity index (χ0) is 23.4. The molecular formula is C29H36N4O2. The molecule has 3 saturated heterocycles. The minimum Gasteiger partial charge on any atom is -0.378 e. The summed E-state index contributed by atoms with van der Waals surface area (Å²) in [6, 6.07) is 16.4. The van der Waals surface area contributed by atoms with Gasteiger partial charge >= 0.3 is 0 Å². The lowest BCUT2D eigenvalue weighted by atomic mass is 9.70. The Balaban J connectivity index is 1.19. The lowest BCUT2D eigenvalue weighted by Crippen LogP contribution is -2.60. The van der Waals surface area contributed by atoms with Gasteiger partial charge in [0.05, 0.1) is 36.4 Å². The molecule has 7 rings (SSSR count). The van der Waals surface area contributed by atoms with Crippen LogP contribution in [-0.4, -0.2) is 71.7 Å². The summed E-state index contributed by atoms with van der Waals surface area (Å²) in [4.78, 5) is 26.7. The van der Waals surface area contributed by atoms with Crippen LogP contribution >= 0.6 is 0 Å². The molecule has 1 saturated carbocycles. The summed E-state index contributed by atoms with van der Waals surface area (Å²) in [6.45, 7) is 4.95. The molecule has 6 nitrogen and oxygen atoms in total. The number of pyridine rings is 1. The molecule has 1 amide bonds. The molecule has 0 bridgehead atoms. The van der Waals surface area contributed by atoms with Crippen LogP contribution in [0.4, 0.5) is 5.69 Å². The van der Waals surface area contributed by atoms with E-state index in [1.54, 1.807) is 0 Å². The summed E-state index contributed by atoms with van der Waals surface area (Å²) in [6.07, 6.45) is 9.82. The van der Waals surface area contributed by atoms with E-state index in [-0.39, 0.29) is 6.04 Å². The van der Waals surface area contributed by atoms with Crippen molar-refractivity contribution in [2.24, 2.45) is 0 Å². The number of ether oxygens (including phenoxy) is 1. The quantitative estimate of drug-likeness (QED) is 0.675. The second-order valence-electron chi connectivity index (χ2n) is 11.3. The van der Waals surface area contributed by atoms with Crippen LogP contribution in [-0.2, 0) is 14.9 Å². The first kappa shape index (κ1) is 22.0. The molecule has 0 radical (unpaired) electrons. The highest BCUT2D eigenvalue weighted by atomic mass is 16.5. The molecule has 5 heterocycles. The Bertz CT molecular complexity index is 1080. The third-order valence-electron chi connectivity index (χ3n) is 9.53. The summed E-state index contributed by atoms with van der Waals surface area (Å²) in [5.41, 5.74) is 3.04. The Labute approximate surface area is 208 Å². The van der Waals surface area contributed by atoms with Crippen molar-refractivity contribution in [3.63, 3.8) is 0 Å². The van der Waals surface area contributed by atoms with Crippen LogP contribution < -0.4 is 4.90 Å². The second kappa shape index (κ2) is 8.68. The molecule has 0 N–H and O–H groups in total. The lowest BCUT2D eigenvalue weighted by molar-refractivity contribution is -0.131. The minimum atomic E-state index is -0.448. The van der Waals surface area contributed by atoms with Gasteiger partial charge in [-0.05, 0) is 75.4 Å². The number of amides is 1. The Hall–Kier alpha value is -2.28. The molecule has 1 aromatic heterocycles. The maximum absolute atomic E-state index is 14.4. The SMILES string of the molecule is O=C1N(C2CC(N3CCCCC3)C2)c2ccccc2C12CCN(C1COC1)C(c1ccccn1)C2. The zero-order valence-electron chi connectivity index (χ0n) is 20.5. The Morgan fingerprint density at radius 2 is 1.69 bits per heavy atom. The fraction of sp³-hybridized carbons (Fsp3) is 0.586. The first-order chi connectivity index (χ1) is 17.2. The third-order valence-corrected chi connectivity index (χ3v) is 9.53. The lowest BCUT2D eigenvalue weighted by Gasteiger charge is -2.50. The van der Waals surface area contributed by atoms with Gasteiger partial charge in [0, 0.05) is 30.5 Å². The van der Waals surface area contributed by atoms with Gasteiger partial charge in [-0.15, -0.1) is 0 Å². The van der Waals surface area contributed by atoms with Crippen molar-refractivity contribution in [2.75, 3.05) is 37.7 Å². The van der Waals surface area contributed by atoms with E-state index in [2.05, 4.69) is 51.1 Å². The zero-order valence-corrected chi connectivity index (χ0v) is 20.5. The summed E-state index contributed by atoms with van der Waals surface area (Å²) in [5, 5.41) is 0. The van der Waals surface area contributed by atoms with Crippen molar-refractivity contribution in [3.05, 3.63) is 59.9 Å². The number of para-hydroxylation sites is 1. The predicted molar refractivity (Wildman–Crippen MR) is 135 cm³/mol. The molecule has 1 aliphatic carbocycles. The van der Waals surface area contributed by atoms with Crippen LogP contribution in [0, 0.1) is 0 Å². The molecular weight excluding hydrogens is 436 g/mol. The van der Waals surface area contributed by atoms with Crippen molar-refractivity contribution in [3.8, 4) is 0 Å². The number of carbonyl (C=O) groups excluding carboxylic acids is 1. The van der Waals surface area contributed by atoms with Gasteiger partial charge in [0.1, 0.15) is 0 Å². The highest BCUT2D eigenvalue weighted by Crippen LogP contribution is 2.54. The fourth-order valence-corrected chi connectivity index (χ4v) is 7.42. The number of anilines is 1. The second-order valence-corrected chi connectivity index (χ2v) is 11.3. The van der Waals surface area contributed by atoms with Crippen molar-refractivity contribution in [1.82, 2.24) is 14.8 Å². The summed E-state index contributed by atoms with van der Waals surface area (Å²) >= 11 is 0. The predicted octanol–water partition coefficient (Wildman–Crippen LogP) is 3.92.